The summed E-state index contributed by atoms with van der Waals surface area (Å²) in [7, 11) is 0. The standard InChI is InChI=1S/C23H23N3O4S/c1-13-17(12-24-30-13)26(16-10-9-14-7-5-6-8-15(14)11-16)23(4)20(29)25-18(19(27)28)22(2,3)31-21(23)25/h5-12,18,21H,1-4H3,(H,27,28)/t18-,21+,23?/m0/s1. The van der Waals surface area contributed by atoms with Crippen LogP contribution in [0, 0.1) is 6.92 Å². The number of hydrogen-bond acceptors (Lipinski definition) is 6. The molecule has 2 saturated heterocycles. The number of benzene rings is 2. The average molecular weight is 438 g/mol. The highest BCUT2D eigenvalue weighted by molar-refractivity contribution is 8.01. The normalized spacial score (nSPS) is 26.6. The molecule has 2 fully saturated rings. The topological polar surface area (TPSA) is 86.9 Å². The molecule has 0 saturated carbocycles. The van der Waals surface area contributed by atoms with Gasteiger partial charge in [0.15, 0.2) is 11.3 Å². The van der Waals surface area contributed by atoms with Gasteiger partial charge in [-0.1, -0.05) is 35.5 Å². The zero-order valence-electron chi connectivity index (χ0n) is 17.7. The van der Waals surface area contributed by atoms with Gasteiger partial charge in [0, 0.05) is 10.4 Å². The van der Waals surface area contributed by atoms with E-state index < -0.39 is 22.3 Å². The Labute approximate surface area is 184 Å². The maximum atomic E-state index is 13.6. The molecule has 3 heterocycles. The Morgan fingerprint density at radius 2 is 1.90 bits per heavy atom. The fraction of sp³-hybridized carbons (Fsp3) is 0.348. The van der Waals surface area contributed by atoms with Crippen molar-refractivity contribution in [1.82, 2.24) is 10.1 Å². The van der Waals surface area contributed by atoms with Gasteiger partial charge in [0.1, 0.15) is 17.1 Å². The minimum atomic E-state index is -0.981. The number of thioether (sulfide) groups is 1. The Balaban J connectivity index is 1.67. The minimum Gasteiger partial charge on any atom is -0.480 e. The molecule has 1 amide bonds. The van der Waals surface area contributed by atoms with E-state index in [1.165, 1.54) is 16.7 Å². The van der Waals surface area contributed by atoms with Crippen LogP contribution in [0.2, 0.25) is 0 Å². The molecule has 2 aliphatic heterocycles. The number of hydrogen-bond donors (Lipinski definition) is 1. The summed E-state index contributed by atoms with van der Waals surface area (Å²) < 4.78 is 4.74. The number of aryl methyl sites for hydroxylation is 1. The molecule has 1 unspecified atom stereocenters. The zero-order valence-corrected chi connectivity index (χ0v) is 18.5. The summed E-state index contributed by atoms with van der Waals surface area (Å²) in [6, 6.07) is 13.2. The van der Waals surface area contributed by atoms with Gasteiger partial charge in [-0.05, 0) is 50.6 Å². The monoisotopic (exact) mass is 437 g/mol. The van der Waals surface area contributed by atoms with E-state index in [2.05, 4.69) is 5.16 Å². The molecular weight excluding hydrogens is 414 g/mol. The van der Waals surface area contributed by atoms with E-state index in [0.717, 1.165) is 16.5 Å². The predicted octanol–water partition coefficient (Wildman–Crippen LogP) is 4.18. The number of carbonyl (C=O) groups excluding carboxylic acids is 1. The smallest absolute Gasteiger partial charge is 0.327 e. The molecule has 5 rings (SSSR count). The van der Waals surface area contributed by atoms with E-state index in [1.54, 1.807) is 6.20 Å². The van der Waals surface area contributed by atoms with E-state index in [9.17, 15) is 14.7 Å². The van der Waals surface area contributed by atoms with Crippen molar-refractivity contribution in [1.29, 1.82) is 0 Å². The lowest BCUT2D eigenvalue weighted by atomic mass is 9.83. The first-order chi connectivity index (χ1) is 14.7. The molecule has 0 aliphatic carbocycles. The highest BCUT2D eigenvalue weighted by Crippen LogP contribution is 2.58. The van der Waals surface area contributed by atoms with Gasteiger partial charge in [0.2, 0.25) is 0 Å². The van der Waals surface area contributed by atoms with Crippen molar-refractivity contribution >= 4 is 45.8 Å². The van der Waals surface area contributed by atoms with Crippen molar-refractivity contribution in [2.75, 3.05) is 4.90 Å². The molecule has 3 atom stereocenters. The number of carboxylic acids is 1. The van der Waals surface area contributed by atoms with E-state index >= 15 is 0 Å². The Morgan fingerprint density at radius 3 is 2.55 bits per heavy atom. The summed E-state index contributed by atoms with van der Waals surface area (Å²) in [4.78, 5) is 29.1. The Kier molecular flexibility index (Phi) is 4.18. The van der Waals surface area contributed by atoms with Crippen LogP contribution in [0.15, 0.2) is 53.2 Å². The summed E-state index contributed by atoms with van der Waals surface area (Å²) in [6.45, 7) is 7.46. The molecule has 0 radical (unpaired) electrons. The second-order valence-corrected chi connectivity index (χ2v) is 10.5. The largest absolute Gasteiger partial charge is 0.480 e. The molecule has 7 nitrogen and oxygen atoms in total. The molecule has 31 heavy (non-hydrogen) atoms. The molecule has 0 spiro atoms. The minimum absolute atomic E-state index is 0.211. The summed E-state index contributed by atoms with van der Waals surface area (Å²) >= 11 is 1.53. The fourth-order valence-electron chi connectivity index (χ4n) is 4.89. The number of β-lactam (4-membered cyclic amide) rings is 1. The second kappa shape index (κ2) is 6.50. The van der Waals surface area contributed by atoms with Crippen molar-refractivity contribution < 1.29 is 19.2 Å². The molecule has 1 N–H and O–H groups in total. The van der Waals surface area contributed by atoms with Gasteiger partial charge in [-0.2, -0.15) is 0 Å². The van der Waals surface area contributed by atoms with Crippen LogP contribution in [0.3, 0.4) is 0 Å². The van der Waals surface area contributed by atoms with Crippen LogP contribution >= 0.6 is 11.8 Å². The molecule has 160 valence electrons. The van der Waals surface area contributed by atoms with Gasteiger partial charge in [-0.3, -0.25) is 4.79 Å². The predicted molar refractivity (Wildman–Crippen MR) is 119 cm³/mol. The lowest BCUT2D eigenvalue weighted by molar-refractivity contribution is -0.164. The highest BCUT2D eigenvalue weighted by atomic mass is 32.2. The molecule has 8 heteroatoms. The Morgan fingerprint density at radius 1 is 1.19 bits per heavy atom. The van der Waals surface area contributed by atoms with Crippen LogP contribution in [-0.4, -0.2) is 48.7 Å². The van der Waals surface area contributed by atoms with Crippen molar-refractivity contribution in [2.45, 2.75) is 49.4 Å². The van der Waals surface area contributed by atoms with Crippen LogP contribution in [0.5, 0.6) is 0 Å². The quantitative estimate of drug-likeness (QED) is 0.613. The lowest BCUT2D eigenvalue weighted by Crippen LogP contribution is -2.77. The number of carbonyl (C=O) groups is 2. The first kappa shape index (κ1) is 19.9. The zero-order chi connectivity index (χ0) is 22.1. The van der Waals surface area contributed by atoms with Crippen molar-refractivity contribution in [3.63, 3.8) is 0 Å². The van der Waals surface area contributed by atoms with Gasteiger partial charge < -0.3 is 19.4 Å². The van der Waals surface area contributed by atoms with Crippen molar-refractivity contribution in [3.8, 4) is 0 Å². The molecule has 0 bridgehead atoms. The number of amides is 1. The van der Waals surface area contributed by atoms with E-state index in [4.69, 9.17) is 4.52 Å². The third-order valence-electron chi connectivity index (χ3n) is 6.41. The number of nitrogens with zero attached hydrogens (tertiary/aromatic N) is 3. The van der Waals surface area contributed by atoms with Crippen molar-refractivity contribution in [2.24, 2.45) is 0 Å². The number of anilines is 2. The molecule has 1 aromatic heterocycles. The second-order valence-electron chi connectivity index (χ2n) is 8.81. The van der Waals surface area contributed by atoms with Crippen LogP contribution in [-0.2, 0) is 9.59 Å². The fourth-order valence-corrected chi connectivity index (χ4v) is 6.58. The summed E-state index contributed by atoms with van der Waals surface area (Å²) in [5, 5.41) is 15.6. The number of carboxylic acid groups (broad SMARTS) is 1. The van der Waals surface area contributed by atoms with Gasteiger partial charge in [-0.25, -0.2) is 4.79 Å². The van der Waals surface area contributed by atoms with Gasteiger partial charge >= 0.3 is 5.97 Å². The Bertz CT molecular complexity index is 1220. The van der Waals surface area contributed by atoms with Crippen LogP contribution in [0.25, 0.3) is 10.8 Å². The highest BCUT2D eigenvalue weighted by Gasteiger charge is 2.72. The SMILES string of the molecule is Cc1oncc1N(c1ccc2ccccc2c1)C1(C)C(=O)N2[C@@H](C(=O)O)C(C)(C)S[C@@H]21. The van der Waals surface area contributed by atoms with Crippen molar-refractivity contribution in [3.05, 3.63) is 54.4 Å². The molecule has 2 aliphatic rings. The maximum absolute atomic E-state index is 13.6. The first-order valence-corrected chi connectivity index (χ1v) is 11.0. The summed E-state index contributed by atoms with van der Waals surface area (Å²) in [5.41, 5.74) is 0.547. The van der Waals surface area contributed by atoms with E-state index in [1.807, 2.05) is 75.1 Å². The summed E-state index contributed by atoms with van der Waals surface area (Å²) in [6.07, 6.45) is 1.62. The Hall–Kier alpha value is -3.00. The molecule has 2 aromatic carbocycles. The molecular formula is C23H23N3O4S. The third-order valence-corrected chi connectivity index (χ3v) is 8.15. The first-order valence-electron chi connectivity index (χ1n) is 10.1. The number of fused-ring (bicyclic) bond motifs is 2. The average Bonchev–Trinajstić information content (AvgIpc) is 3.26. The maximum Gasteiger partial charge on any atom is 0.327 e. The van der Waals surface area contributed by atoms with Gasteiger partial charge in [0.05, 0.1) is 6.20 Å². The number of rotatable bonds is 4. The molecule has 3 aromatic rings. The van der Waals surface area contributed by atoms with Crippen LogP contribution in [0.1, 0.15) is 26.5 Å². The van der Waals surface area contributed by atoms with E-state index in [0.29, 0.717) is 11.4 Å². The van der Waals surface area contributed by atoms with E-state index in [-0.39, 0.29) is 11.3 Å². The van der Waals surface area contributed by atoms with Crippen LogP contribution in [0.4, 0.5) is 11.4 Å². The number of aliphatic carboxylic acids is 1. The van der Waals surface area contributed by atoms with Gasteiger partial charge in [-0.15, -0.1) is 11.8 Å². The third kappa shape index (κ3) is 2.64. The lowest BCUT2D eigenvalue weighted by Gasteiger charge is -2.56. The summed E-state index contributed by atoms with van der Waals surface area (Å²) in [5.74, 6) is -0.594. The number of aromatic nitrogens is 1. The van der Waals surface area contributed by atoms with Gasteiger partial charge in [0.25, 0.3) is 5.91 Å². The van der Waals surface area contributed by atoms with Crippen LogP contribution < -0.4 is 4.90 Å².